The standard InChI is InChI=1S/C23H16FN3O2S/c1-14-17(12-16-4-2-3-5-19(16)29-14)13-20-22(28)27-23(30-20)25-21(26-27)11-8-15-6-9-18(24)10-7-15/h2-14H,1H3/b11-8+,20-13-. The van der Waals surface area contributed by atoms with Crippen LogP contribution in [0.25, 0.3) is 29.3 Å². The molecule has 0 N–H and O–H groups in total. The first-order chi connectivity index (χ1) is 14.6. The number of thiazole rings is 1. The largest absolute Gasteiger partial charge is 0.485 e. The van der Waals surface area contributed by atoms with Gasteiger partial charge in [0.1, 0.15) is 17.7 Å². The third-order valence-electron chi connectivity index (χ3n) is 4.81. The van der Waals surface area contributed by atoms with Gasteiger partial charge in [0, 0.05) is 5.56 Å². The number of ether oxygens (including phenoxy) is 1. The number of fused-ring (bicyclic) bond motifs is 2. The van der Waals surface area contributed by atoms with Gasteiger partial charge in [-0.15, -0.1) is 5.10 Å². The third kappa shape index (κ3) is 3.44. The summed E-state index contributed by atoms with van der Waals surface area (Å²) in [5, 5.41) is 4.29. The second-order valence-corrected chi connectivity index (χ2v) is 7.92. The molecular weight excluding hydrogens is 401 g/mol. The molecule has 5 nitrogen and oxygen atoms in total. The lowest BCUT2D eigenvalue weighted by molar-refractivity contribution is 0.259. The molecule has 3 heterocycles. The summed E-state index contributed by atoms with van der Waals surface area (Å²) in [6.07, 6.45) is 7.20. The normalized spacial score (nSPS) is 16.7. The second kappa shape index (κ2) is 7.35. The van der Waals surface area contributed by atoms with Crippen LogP contribution < -0.4 is 14.8 Å². The summed E-state index contributed by atoms with van der Waals surface area (Å²) < 4.78 is 20.8. The lowest BCUT2D eigenvalue weighted by Crippen LogP contribution is -2.26. The molecule has 0 saturated carbocycles. The topological polar surface area (TPSA) is 56.5 Å². The molecule has 5 rings (SSSR count). The first-order valence-corrected chi connectivity index (χ1v) is 10.2. The van der Waals surface area contributed by atoms with Crippen molar-refractivity contribution in [1.82, 2.24) is 14.6 Å². The molecule has 148 valence electrons. The molecule has 0 saturated heterocycles. The van der Waals surface area contributed by atoms with E-state index in [-0.39, 0.29) is 17.5 Å². The smallest absolute Gasteiger partial charge is 0.291 e. The predicted octanol–water partition coefficient (Wildman–Crippen LogP) is 3.82. The molecule has 0 spiro atoms. The first-order valence-electron chi connectivity index (χ1n) is 9.39. The van der Waals surface area contributed by atoms with E-state index < -0.39 is 0 Å². The number of halogens is 1. The van der Waals surface area contributed by atoms with Gasteiger partial charge in [-0.25, -0.2) is 4.39 Å². The average Bonchev–Trinajstić information content (AvgIpc) is 3.27. The molecule has 2 aromatic carbocycles. The van der Waals surface area contributed by atoms with Gasteiger partial charge in [-0.05, 0) is 54.5 Å². The molecule has 0 bridgehead atoms. The summed E-state index contributed by atoms with van der Waals surface area (Å²) in [6.45, 7) is 1.96. The maximum absolute atomic E-state index is 13.0. The first kappa shape index (κ1) is 18.4. The SMILES string of the molecule is CC1Oc2ccccc2C=C1/C=c1\sc2nc(/C=C/c3ccc(F)cc3)nn2c1=O. The number of rotatable bonds is 3. The van der Waals surface area contributed by atoms with Crippen molar-refractivity contribution in [2.75, 3.05) is 0 Å². The van der Waals surface area contributed by atoms with Crippen LogP contribution in [0.15, 0.2) is 58.9 Å². The minimum atomic E-state index is -0.288. The second-order valence-electron chi connectivity index (χ2n) is 6.91. The van der Waals surface area contributed by atoms with Gasteiger partial charge >= 0.3 is 0 Å². The van der Waals surface area contributed by atoms with E-state index in [1.54, 1.807) is 24.3 Å². The van der Waals surface area contributed by atoms with E-state index in [1.807, 2.05) is 43.3 Å². The molecule has 7 heteroatoms. The monoisotopic (exact) mass is 417 g/mol. The fourth-order valence-corrected chi connectivity index (χ4v) is 4.15. The minimum Gasteiger partial charge on any atom is -0.485 e. The van der Waals surface area contributed by atoms with Crippen molar-refractivity contribution in [3.8, 4) is 5.75 Å². The Bertz CT molecular complexity index is 1420. The highest BCUT2D eigenvalue weighted by molar-refractivity contribution is 7.15. The van der Waals surface area contributed by atoms with Crippen molar-refractivity contribution in [2.45, 2.75) is 13.0 Å². The molecule has 1 unspecified atom stereocenters. The van der Waals surface area contributed by atoms with E-state index in [0.29, 0.717) is 15.3 Å². The molecule has 0 aliphatic carbocycles. The fraction of sp³-hybridized carbons (Fsp3) is 0.0870. The van der Waals surface area contributed by atoms with Crippen LogP contribution in [0, 0.1) is 5.82 Å². The van der Waals surface area contributed by atoms with Crippen molar-refractivity contribution in [1.29, 1.82) is 0 Å². The Balaban J connectivity index is 1.48. The van der Waals surface area contributed by atoms with Crippen LogP contribution in [0.1, 0.15) is 23.9 Å². The Kier molecular flexibility index (Phi) is 4.52. The van der Waals surface area contributed by atoms with Crippen LogP contribution in [-0.2, 0) is 0 Å². The van der Waals surface area contributed by atoms with Crippen molar-refractivity contribution >= 4 is 40.6 Å². The molecule has 0 amide bonds. The fourth-order valence-electron chi connectivity index (χ4n) is 3.24. The number of nitrogens with zero attached hydrogens (tertiary/aromatic N) is 3. The van der Waals surface area contributed by atoms with Crippen LogP contribution in [0.5, 0.6) is 5.75 Å². The highest BCUT2D eigenvalue weighted by Crippen LogP contribution is 2.29. The van der Waals surface area contributed by atoms with Crippen molar-refractivity contribution in [3.05, 3.63) is 91.8 Å². The van der Waals surface area contributed by atoms with Crippen LogP contribution in [-0.4, -0.2) is 20.7 Å². The van der Waals surface area contributed by atoms with Gasteiger partial charge in [-0.2, -0.15) is 9.50 Å². The Morgan fingerprint density at radius 2 is 1.93 bits per heavy atom. The quantitative estimate of drug-likeness (QED) is 0.509. The van der Waals surface area contributed by atoms with E-state index in [1.165, 1.54) is 28.0 Å². The van der Waals surface area contributed by atoms with Gasteiger partial charge in [0.2, 0.25) is 4.96 Å². The van der Waals surface area contributed by atoms with Crippen molar-refractivity contribution in [2.24, 2.45) is 0 Å². The Labute approximate surface area is 175 Å². The van der Waals surface area contributed by atoms with Crippen LogP contribution >= 0.6 is 11.3 Å². The third-order valence-corrected chi connectivity index (χ3v) is 5.76. The van der Waals surface area contributed by atoms with E-state index in [4.69, 9.17) is 4.74 Å². The molecule has 30 heavy (non-hydrogen) atoms. The van der Waals surface area contributed by atoms with Gasteiger partial charge in [0.05, 0.1) is 4.53 Å². The molecule has 1 atom stereocenters. The lowest BCUT2D eigenvalue weighted by Gasteiger charge is -2.22. The highest BCUT2D eigenvalue weighted by atomic mass is 32.1. The summed E-state index contributed by atoms with van der Waals surface area (Å²) in [7, 11) is 0. The summed E-state index contributed by atoms with van der Waals surface area (Å²) in [5.41, 5.74) is 2.52. The molecule has 1 aliphatic heterocycles. The van der Waals surface area contributed by atoms with Crippen LogP contribution in [0.3, 0.4) is 0 Å². The lowest BCUT2D eigenvalue weighted by atomic mass is 10.0. The van der Waals surface area contributed by atoms with E-state index in [0.717, 1.165) is 22.4 Å². The molecular formula is C23H16FN3O2S. The predicted molar refractivity (Wildman–Crippen MR) is 117 cm³/mol. The van der Waals surface area contributed by atoms with Gasteiger partial charge in [-0.3, -0.25) is 4.79 Å². The van der Waals surface area contributed by atoms with Gasteiger partial charge in [0.25, 0.3) is 5.56 Å². The number of hydrogen-bond acceptors (Lipinski definition) is 5. The average molecular weight is 417 g/mol. The van der Waals surface area contributed by atoms with E-state index >= 15 is 0 Å². The number of hydrogen-bond donors (Lipinski definition) is 0. The van der Waals surface area contributed by atoms with Crippen molar-refractivity contribution in [3.63, 3.8) is 0 Å². The summed E-state index contributed by atoms with van der Waals surface area (Å²) in [4.78, 5) is 17.7. The summed E-state index contributed by atoms with van der Waals surface area (Å²) >= 11 is 1.29. The molecule has 0 fully saturated rings. The minimum absolute atomic E-state index is 0.157. The van der Waals surface area contributed by atoms with Gasteiger partial charge in [-0.1, -0.05) is 47.7 Å². The van der Waals surface area contributed by atoms with Crippen LogP contribution in [0.2, 0.25) is 0 Å². The maximum atomic E-state index is 13.0. The Hall–Kier alpha value is -3.58. The molecule has 4 aromatic rings. The number of aromatic nitrogens is 3. The van der Waals surface area contributed by atoms with Crippen molar-refractivity contribution < 1.29 is 9.13 Å². The summed E-state index contributed by atoms with van der Waals surface area (Å²) in [5.74, 6) is 0.977. The maximum Gasteiger partial charge on any atom is 0.291 e. The zero-order valence-corrected chi connectivity index (χ0v) is 16.8. The number of para-hydroxylation sites is 1. The van der Waals surface area contributed by atoms with E-state index in [2.05, 4.69) is 10.1 Å². The molecule has 0 radical (unpaired) electrons. The number of benzene rings is 2. The van der Waals surface area contributed by atoms with Gasteiger partial charge in [0.15, 0.2) is 5.82 Å². The molecule has 2 aromatic heterocycles. The Morgan fingerprint density at radius 3 is 2.73 bits per heavy atom. The zero-order chi connectivity index (χ0) is 20.7. The van der Waals surface area contributed by atoms with E-state index in [9.17, 15) is 9.18 Å². The summed E-state index contributed by atoms with van der Waals surface area (Å²) in [6, 6.07) is 13.9. The zero-order valence-electron chi connectivity index (χ0n) is 15.9. The van der Waals surface area contributed by atoms with Gasteiger partial charge < -0.3 is 4.74 Å². The Morgan fingerprint density at radius 1 is 1.13 bits per heavy atom. The molecule has 1 aliphatic rings. The van der Waals surface area contributed by atoms with Crippen LogP contribution in [0.4, 0.5) is 4.39 Å². The highest BCUT2D eigenvalue weighted by Gasteiger charge is 2.18.